The number of aromatic nitrogens is 3. The van der Waals surface area contributed by atoms with E-state index in [-0.39, 0.29) is 11.5 Å². The summed E-state index contributed by atoms with van der Waals surface area (Å²) in [5.41, 5.74) is 4.73. The van der Waals surface area contributed by atoms with Gasteiger partial charge in [-0.15, -0.1) is 0 Å². The van der Waals surface area contributed by atoms with Crippen molar-refractivity contribution in [3.8, 4) is 0 Å². The predicted molar refractivity (Wildman–Crippen MR) is 132 cm³/mol. The average molecular weight is 476 g/mol. The molecule has 0 saturated carbocycles. The molecule has 0 saturated heterocycles. The Hall–Kier alpha value is -3.42. The molecule has 1 aliphatic rings. The van der Waals surface area contributed by atoms with Crippen LogP contribution < -0.4 is 10.9 Å². The second-order valence-electron chi connectivity index (χ2n) is 8.52. The van der Waals surface area contributed by atoms with Crippen LogP contribution in [-0.2, 0) is 32.6 Å². The third kappa shape index (κ3) is 4.24. The van der Waals surface area contributed by atoms with Crippen LogP contribution in [0, 0.1) is 0 Å². The average Bonchev–Trinajstić information content (AvgIpc) is 3.30. The minimum absolute atomic E-state index is 0.149. The van der Waals surface area contributed by atoms with Gasteiger partial charge in [0.2, 0.25) is 0 Å². The van der Waals surface area contributed by atoms with Gasteiger partial charge in [0, 0.05) is 49.9 Å². The summed E-state index contributed by atoms with van der Waals surface area (Å²) in [6.45, 7) is 5.25. The fourth-order valence-corrected chi connectivity index (χ4v) is 4.79. The number of amides is 1. The van der Waals surface area contributed by atoms with Crippen molar-refractivity contribution >= 4 is 23.2 Å². The van der Waals surface area contributed by atoms with Gasteiger partial charge < -0.3 is 9.88 Å². The van der Waals surface area contributed by atoms with Crippen molar-refractivity contribution in [3.05, 3.63) is 104 Å². The highest BCUT2D eigenvalue weighted by Gasteiger charge is 2.27. The molecule has 1 N–H and O–H groups in total. The number of fused-ring (bicyclic) bond motifs is 2. The largest absolute Gasteiger partial charge is 0.348 e. The Morgan fingerprint density at radius 2 is 1.85 bits per heavy atom. The summed E-state index contributed by atoms with van der Waals surface area (Å²) in [6.07, 6.45) is 2.24. The van der Waals surface area contributed by atoms with Crippen molar-refractivity contribution in [2.24, 2.45) is 0 Å². The van der Waals surface area contributed by atoms with Crippen molar-refractivity contribution in [2.75, 3.05) is 6.54 Å². The minimum atomic E-state index is -0.256. The first-order valence-electron chi connectivity index (χ1n) is 11.5. The summed E-state index contributed by atoms with van der Waals surface area (Å²) in [6, 6.07) is 17.6. The molecule has 7 nitrogen and oxygen atoms in total. The van der Waals surface area contributed by atoms with Gasteiger partial charge in [-0.05, 0) is 30.2 Å². The van der Waals surface area contributed by atoms with Crippen molar-refractivity contribution in [1.29, 1.82) is 0 Å². The Morgan fingerprint density at radius 1 is 1.09 bits per heavy atom. The van der Waals surface area contributed by atoms with E-state index in [9.17, 15) is 9.59 Å². The van der Waals surface area contributed by atoms with E-state index in [2.05, 4.69) is 32.0 Å². The molecule has 0 aliphatic carbocycles. The standard InChI is InChI=1S/C26H26ClN5O2/c1-2-31-23-12-13-30(16-19-6-4-3-5-7-19)17-22(23)26(34)32-25(31)21(15-29-32)24(33)28-14-18-8-10-20(27)11-9-18/h3-11,15H,2,12-14,16-17H2,1H3,(H,28,33). The van der Waals surface area contributed by atoms with E-state index in [1.54, 1.807) is 12.1 Å². The van der Waals surface area contributed by atoms with Crippen LogP contribution in [0.3, 0.4) is 0 Å². The molecule has 0 spiro atoms. The van der Waals surface area contributed by atoms with Gasteiger partial charge in [0.05, 0.1) is 11.8 Å². The third-order valence-corrected chi connectivity index (χ3v) is 6.60. The second kappa shape index (κ2) is 9.44. The molecule has 2 aromatic heterocycles. The zero-order valence-corrected chi connectivity index (χ0v) is 19.8. The van der Waals surface area contributed by atoms with Crippen molar-refractivity contribution < 1.29 is 4.79 Å². The quantitative estimate of drug-likeness (QED) is 0.462. The van der Waals surface area contributed by atoms with Gasteiger partial charge in [-0.25, -0.2) is 0 Å². The SMILES string of the molecule is CCn1c2c(c(=O)n3ncc(C(=O)NCc4ccc(Cl)cc4)c13)CN(Cc1ccccc1)CC2. The van der Waals surface area contributed by atoms with Crippen molar-refractivity contribution in [3.63, 3.8) is 0 Å². The lowest BCUT2D eigenvalue weighted by Crippen LogP contribution is -2.38. The maximum Gasteiger partial charge on any atom is 0.279 e. The summed E-state index contributed by atoms with van der Waals surface area (Å²) in [5.74, 6) is -0.256. The van der Waals surface area contributed by atoms with Gasteiger partial charge >= 0.3 is 0 Å². The molecule has 0 fully saturated rings. The molecule has 5 rings (SSSR count). The summed E-state index contributed by atoms with van der Waals surface area (Å²) < 4.78 is 3.45. The molecule has 2 aromatic carbocycles. The minimum Gasteiger partial charge on any atom is -0.348 e. The highest BCUT2D eigenvalue weighted by Crippen LogP contribution is 2.22. The molecule has 3 heterocycles. The lowest BCUT2D eigenvalue weighted by atomic mass is 10.0. The third-order valence-electron chi connectivity index (χ3n) is 6.35. The van der Waals surface area contributed by atoms with Gasteiger partial charge in [-0.3, -0.25) is 14.5 Å². The number of hydrogen-bond donors (Lipinski definition) is 1. The van der Waals surface area contributed by atoms with E-state index in [0.717, 1.165) is 36.3 Å². The summed E-state index contributed by atoms with van der Waals surface area (Å²) >= 11 is 5.94. The Labute approximate surface area is 202 Å². The zero-order chi connectivity index (χ0) is 23.7. The summed E-state index contributed by atoms with van der Waals surface area (Å²) in [5, 5.41) is 7.91. The zero-order valence-electron chi connectivity index (χ0n) is 19.0. The number of carbonyl (C=O) groups is 1. The number of halogens is 1. The maximum absolute atomic E-state index is 13.4. The first kappa shape index (κ1) is 22.4. The molecule has 174 valence electrons. The van der Waals surface area contributed by atoms with Crippen LogP contribution >= 0.6 is 11.6 Å². The Bertz CT molecular complexity index is 1390. The molecule has 0 unspecified atom stereocenters. The molecular weight excluding hydrogens is 450 g/mol. The molecule has 0 bridgehead atoms. The Kier molecular flexibility index (Phi) is 6.22. The topological polar surface area (TPSA) is 71.6 Å². The van der Waals surface area contributed by atoms with Crippen LogP contribution in [0.25, 0.3) is 5.65 Å². The lowest BCUT2D eigenvalue weighted by molar-refractivity contribution is 0.0952. The Balaban J connectivity index is 1.44. The van der Waals surface area contributed by atoms with Crippen LogP contribution in [0.2, 0.25) is 5.02 Å². The monoisotopic (exact) mass is 475 g/mol. The van der Waals surface area contributed by atoms with E-state index < -0.39 is 0 Å². The van der Waals surface area contributed by atoms with E-state index in [1.165, 1.54) is 16.3 Å². The second-order valence-corrected chi connectivity index (χ2v) is 8.96. The van der Waals surface area contributed by atoms with Gasteiger partial charge in [0.15, 0.2) is 5.65 Å². The molecule has 0 radical (unpaired) electrons. The molecular formula is C26H26ClN5O2. The molecule has 1 amide bonds. The van der Waals surface area contributed by atoms with Crippen LogP contribution in [0.15, 0.2) is 65.6 Å². The lowest BCUT2D eigenvalue weighted by Gasteiger charge is -2.30. The number of carbonyl (C=O) groups excluding carboxylic acids is 1. The van der Waals surface area contributed by atoms with Crippen molar-refractivity contribution in [1.82, 2.24) is 24.4 Å². The van der Waals surface area contributed by atoms with E-state index >= 15 is 0 Å². The fraction of sp³-hybridized carbons (Fsp3) is 0.269. The maximum atomic E-state index is 13.4. The first-order chi connectivity index (χ1) is 16.5. The fourth-order valence-electron chi connectivity index (χ4n) is 4.66. The number of nitrogens with zero attached hydrogens (tertiary/aromatic N) is 4. The van der Waals surface area contributed by atoms with Crippen LogP contribution in [0.1, 0.15) is 39.7 Å². The highest BCUT2D eigenvalue weighted by atomic mass is 35.5. The molecule has 4 aromatic rings. The van der Waals surface area contributed by atoms with E-state index in [0.29, 0.717) is 35.9 Å². The number of nitrogens with one attached hydrogen (secondary N) is 1. The van der Waals surface area contributed by atoms with Crippen LogP contribution in [0.4, 0.5) is 0 Å². The van der Waals surface area contributed by atoms with E-state index in [1.807, 2.05) is 37.3 Å². The summed E-state index contributed by atoms with van der Waals surface area (Å²) in [4.78, 5) is 28.7. The number of aryl methyl sites for hydroxylation is 1. The number of benzene rings is 2. The smallest absolute Gasteiger partial charge is 0.279 e. The van der Waals surface area contributed by atoms with Gasteiger partial charge in [0.25, 0.3) is 11.5 Å². The van der Waals surface area contributed by atoms with Gasteiger partial charge in [-0.1, -0.05) is 54.1 Å². The van der Waals surface area contributed by atoms with Crippen molar-refractivity contribution in [2.45, 2.75) is 39.5 Å². The van der Waals surface area contributed by atoms with Gasteiger partial charge in [-0.2, -0.15) is 9.61 Å². The molecule has 0 atom stereocenters. The summed E-state index contributed by atoms with van der Waals surface area (Å²) in [7, 11) is 0. The molecule has 1 aliphatic heterocycles. The predicted octanol–water partition coefficient (Wildman–Crippen LogP) is 3.66. The highest BCUT2D eigenvalue weighted by molar-refractivity contribution is 6.30. The number of rotatable bonds is 6. The van der Waals surface area contributed by atoms with Crippen LogP contribution in [-0.4, -0.2) is 31.5 Å². The normalized spacial score (nSPS) is 13.7. The Morgan fingerprint density at radius 3 is 2.59 bits per heavy atom. The molecule has 34 heavy (non-hydrogen) atoms. The number of hydrogen-bond acceptors (Lipinski definition) is 4. The first-order valence-corrected chi connectivity index (χ1v) is 11.8. The molecule has 8 heteroatoms. The van der Waals surface area contributed by atoms with Gasteiger partial charge in [0.1, 0.15) is 5.56 Å². The van der Waals surface area contributed by atoms with E-state index in [4.69, 9.17) is 11.6 Å². The van der Waals surface area contributed by atoms with Crippen LogP contribution in [0.5, 0.6) is 0 Å².